The molecule has 1 fully saturated rings. The molecule has 3 rings (SSSR count). The molecule has 1 aromatic carbocycles. The molecule has 2 heterocycles. The summed E-state index contributed by atoms with van der Waals surface area (Å²) in [6.07, 6.45) is 2.39. The van der Waals surface area contributed by atoms with Gasteiger partial charge in [0.05, 0.1) is 0 Å². The van der Waals surface area contributed by atoms with Gasteiger partial charge in [0, 0.05) is 19.6 Å². The number of para-hydroxylation sites is 1. The zero-order valence-corrected chi connectivity index (χ0v) is 13.4. The first-order valence-corrected chi connectivity index (χ1v) is 7.71. The van der Waals surface area contributed by atoms with Crippen molar-refractivity contribution >= 4 is 5.91 Å². The highest BCUT2D eigenvalue weighted by Crippen LogP contribution is 2.16. The first-order valence-electron chi connectivity index (χ1n) is 7.71. The molecule has 0 aliphatic carbocycles. The van der Waals surface area contributed by atoms with E-state index >= 15 is 0 Å². The Bertz CT molecular complexity index is 656. The number of oxazole rings is 1. The highest BCUT2D eigenvalue weighted by molar-refractivity contribution is 5.92. The summed E-state index contributed by atoms with van der Waals surface area (Å²) < 4.78 is 10.9. The molecular weight excluding hydrogens is 294 g/mol. The SMILES string of the molecule is CN1CC[C@@H](N(C)C(=O)c2coc(COc3ccccc3)n2)C1. The van der Waals surface area contributed by atoms with E-state index < -0.39 is 0 Å². The molecule has 1 atom stereocenters. The summed E-state index contributed by atoms with van der Waals surface area (Å²) in [4.78, 5) is 20.7. The molecule has 122 valence electrons. The molecule has 0 saturated carbocycles. The maximum Gasteiger partial charge on any atom is 0.275 e. The second kappa shape index (κ2) is 6.83. The molecule has 0 radical (unpaired) electrons. The fourth-order valence-electron chi connectivity index (χ4n) is 2.71. The number of rotatable bonds is 5. The summed E-state index contributed by atoms with van der Waals surface area (Å²) in [5.41, 5.74) is 0.328. The number of nitrogens with zero attached hydrogens (tertiary/aromatic N) is 3. The van der Waals surface area contributed by atoms with Gasteiger partial charge in [0.2, 0.25) is 5.89 Å². The standard InChI is InChI=1S/C17H21N3O3/c1-19-9-8-13(10-19)20(2)17(21)15-11-23-16(18-15)12-22-14-6-4-3-5-7-14/h3-7,11,13H,8-10,12H2,1-2H3/t13-/m1/s1. The van der Waals surface area contributed by atoms with E-state index in [0.29, 0.717) is 11.6 Å². The van der Waals surface area contributed by atoms with E-state index in [2.05, 4.69) is 16.9 Å². The van der Waals surface area contributed by atoms with E-state index in [4.69, 9.17) is 9.15 Å². The van der Waals surface area contributed by atoms with Gasteiger partial charge in [-0.1, -0.05) is 18.2 Å². The maximum absolute atomic E-state index is 12.5. The Morgan fingerprint density at radius 1 is 1.43 bits per heavy atom. The monoisotopic (exact) mass is 315 g/mol. The van der Waals surface area contributed by atoms with Crippen LogP contribution in [-0.2, 0) is 6.61 Å². The van der Waals surface area contributed by atoms with E-state index in [-0.39, 0.29) is 18.6 Å². The minimum atomic E-state index is -0.111. The van der Waals surface area contributed by atoms with Crippen LogP contribution in [0, 0.1) is 0 Å². The van der Waals surface area contributed by atoms with E-state index in [0.717, 1.165) is 25.3 Å². The van der Waals surface area contributed by atoms with Crippen molar-refractivity contribution < 1.29 is 13.9 Å². The van der Waals surface area contributed by atoms with Crippen molar-refractivity contribution in [3.8, 4) is 5.75 Å². The predicted molar refractivity (Wildman–Crippen MR) is 85.3 cm³/mol. The Morgan fingerprint density at radius 3 is 2.91 bits per heavy atom. The summed E-state index contributed by atoms with van der Waals surface area (Å²) in [5.74, 6) is 1.03. The van der Waals surface area contributed by atoms with E-state index in [1.807, 2.05) is 37.4 Å². The lowest BCUT2D eigenvalue weighted by Gasteiger charge is -2.23. The van der Waals surface area contributed by atoms with Crippen molar-refractivity contribution in [3.63, 3.8) is 0 Å². The third-order valence-corrected chi connectivity index (χ3v) is 4.11. The third kappa shape index (κ3) is 3.71. The molecule has 6 heteroatoms. The van der Waals surface area contributed by atoms with E-state index in [1.165, 1.54) is 6.26 Å². The van der Waals surface area contributed by atoms with Gasteiger partial charge in [0.15, 0.2) is 12.3 Å². The van der Waals surface area contributed by atoms with Crippen LogP contribution in [0.15, 0.2) is 41.0 Å². The van der Waals surface area contributed by atoms with Gasteiger partial charge in [-0.05, 0) is 32.1 Å². The second-order valence-corrected chi connectivity index (χ2v) is 5.85. The fraction of sp³-hybridized carbons (Fsp3) is 0.412. The summed E-state index contributed by atoms with van der Waals surface area (Å²) in [5, 5.41) is 0. The zero-order chi connectivity index (χ0) is 16.2. The van der Waals surface area contributed by atoms with Crippen molar-refractivity contribution in [3.05, 3.63) is 48.2 Å². The van der Waals surface area contributed by atoms with Gasteiger partial charge in [-0.2, -0.15) is 0 Å². The first kappa shape index (κ1) is 15.6. The van der Waals surface area contributed by atoms with Gasteiger partial charge in [-0.3, -0.25) is 4.79 Å². The zero-order valence-electron chi connectivity index (χ0n) is 13.4. The van der Waals surface area contributed by atoms with E-state index in [9.17, 15) is 4.79 Å². The Hall–Kier alpha value is -2.34. The number of carbonyl (C=O) groups is 1. The number of benzene rings is 1. The molecule has 1 saturated heterocycles. The topological polar surface area (TPSA) is 58.8 Å². The molecule has 0 bridgehead atoms. The normalized spacial score (nSPS) is 18.1. The number of likely N-dealkylation sites (tertiary alicyclic amines) is 1. The van der Waals surface area contributed by atoms with Crippen LogP contribution in [0.4, 0.5) is 0 Å². The summed E-state index contributed by atoms with van der Waals surface area (Å²) in [7, 11) is 3.88. The maximum atomic E-state index is 12.5. The Labute approximate surface area is 135 Å². The molecule has 0 unspecified atom stereocenters. The number of hydrogen-bond acceptors (Lipinski definition) is 5. The van der Waals surface area contributed by atoms with Crippen LogP contribution in [0.3, 0.4) is 0 Å². The third-order valence-electron chi connectivity index (χ3n) is 4.11. The number of carbonyl (C=O) groups excluding carboxylic acids is 1. The molecule has 1 aliphatic rings. The highest BCUT2D eigenvalue weighted by Gasteiger charge is 2.28. The van der Waals surface area contributed by atoms with Crippen LogP contribution in [-0.4, -0.2) is 53.9 Å². The molecule has 0 N–H and O–H groups in total. The van der Waals surface area contributed by atoms with Crippen LogP contribution in [0.5, 0.6) is 5.75 Å². The van der Waals surface area contributed by atoms with Crippen LogP contribution in [0.2, 0.25) is 0 Å². The van der Waals surface area contributed by atoms with Crippen molar-refractivity contribution in [2.45, 2.75) is 19.1 Å². The summed E-state index contributed by atoms with van der Waals surface area (Å²) >= 11 is 0. The molecule has 1 aromatic heterocycles. The smallest absolute Gasteiger partial charge is 0.275 e. The molecule has 0 spiro atoms. The lowest BCUT2D eigenvalue weighted by Crippen LogP contribution is -2.38. The molecule has 23 heavy (non-hydrogen) atoms. The number of ether oxygens (including phenoxy) is 1. The Balaban J connectivity index is 1.59. The van der Waals surface area contributed by atoms with Crippen molar-refractivity contribution in [2.24, 2.45) is 0 Å². The lowest BCUT2D eigenvalue weighted by molar-refractivity contribution is 0.0731. The second-order valence-electron chi connectivity index (χ2n) is 5.85. The Kier molecular flexibility index (Phi) is 4.62. The summed E-state index contributed by atoms with van der Waals surface area (Å²) in [6, 6.07) is 9.67. The molecular formula is C17H21N3O3. The highest BCUT2D eigenvalue weighted by atomic mass is 16.5. The number of amides is 1. The van der Waals surface area contributed by atoms with Crippen molar-refractivity contribution in [1.82, 2.24) is 14.8 Å². The molecule has 1 aliphatic heterocycles. The van der Waals surface area contributed by atoms with Gasteiger partial charge >= 0.3 is 0 Å². The van der Waals surface area contributed by atoms with E-state index in [1.54, 1.807) is 4.90 Å². The lowest BCUT2D eigenvalue weighted by atomic mass is 10.2. The van der Waals surface area contributed by atoms with Gasteiger partial charge in [0.25, 0.3) is 5.91 Å². The molecule has 2 aromatic rings. The van der Waals surface area contributed by atoms with Crippen LogP contribution in [0.1, 0.15) is 22.8 Å². The number of hydrogen-bond donors (Lipinski definition) is 0. The van der Waals surface area contributed by atoms with Gasteiger partial charge in [-0.25, -0.2) is 4.98 Å². The van der Waals surface area contributed by atoms with Gasteiger partial charge in [-0.15, -0.1) is 0 Å². The van der Waals surface area contributed by atoms with Gasteiger partial charge in [0.1, 0.15) is 12.0 Å². The average Bonchev–Trinajstić information content (AvgIpc) is 3.21. The van der Waals surface area contributed by atoms with Crippen LogP contribution < -0.4 is 4.74 Å². The largest absolute Gasteiger partial charge is 0.484 e. The summed E-state index contributed by atoms with van der Waals surface area (Å²) in [6.45, 7) is 2.11. The minimum Gasteiger partial charge on any atom is -0.484 e. The molecule has 6 nitrogen and oxygen atoms in total. The predicted octanol–water partition coefficient (Wildman–Crippen LogP) is 2.03. The van der Waals surface area contributed by atoms with Crippen LogP contribution >= 0.6 is 0 Å². The number of likely N-dealkylation sites (N-methyl/N-ethyl adjacent to an activating group) is 2. The van der Waals surface area contributed by atoms with Crippen LogP contribution in [0.25, 0.3) is 0 Å². The van der Waals surface area contributed by atoms with Crippen molar-refractivity contribution in [1.29, 1.82) is 0 Å². The Morgan fingerprint density at radius 2 is 2.22 bits per heavy atom. The number of aromatic nitrogens is 1. The van der Waals surface area contributed by atoms with Gasteiger partial charge < -0.3 is 19.0 Å². The fourth-order valence-corrected chi connectivity index (χ4v) is 2.71. The van der Waals surface area contributed by atoms with Crippen molar-refractivity contribution in [2.75, 3.05) is 27.2 Å². The minimum absolute atomic E-state index is 0.111. The first-order chi connectivity index (χ1) is 11.1. The average molecular weight is 315 g/mol. The molecule has 1 amide bonds. The quantitative estimate of drug-likeness (QED) is 0.845.